The molecule has 0 amide bonds. The molecule has 0 saturated heterocycles. The Hall–Kier alpha value is -0.740. The van der Waals surface area contributed by atoms with Gasteiger partial charge in [-0.25, -0.2) is 0 Å². The third-order valence-electron chi connectivity index (χ3n) is 2.46. The van der Waals surface area contributed by atoms with E-state index < -0.39 is 10.8 Å². The Balaban J connectivity index is 3.17. The molecule has 0 aliphatic heterocycles. The van der Waals surface area contributed by atoms with E-state index in [0.29, 0.717) is 0 Å². The molecule has 2 nitrogen and oxygen atoms in total. The molecule has 0 aliphatic rings. The molecule has 0 N–H and O–H groups in total. The normalized spacial score (nSPS) is 13.5. The molecule has 17 heavy (non-hydrogen) atoms. The summed E-state index contributed by atoms with van der Waals surface area (Å²) in [6.45, 7) is 2.11. The van der Waals surface area contributed by atoms with Gasteiger partial charge in [0.25, 0.3) is 0 Å². The van der Waals surface area contributed by atoms with Crippen LogP contribution in [0.25, 0.3) is 6.08 Å². The summed E-state index contributed by atoms with van der Waals surface area (Å²) in [7, 11) is 0.708. The Morgan fingerprint density at radius 2 is 2.24 bits per heavy atom. The highest BCUT2D eigenvalue weighted by molar-refractivity contribution is 8.16. The standard InChI is InChI=1S/C13H18O2S2/c1-5-10-6-7-11(12(8-10)15-2)9-13(16-3)17(4)14/h6-9H,5H2,1-4H3. The molecule has 0 spiro atoms. The van der Waals surface area contributed by atoms with Crippen LogP contribution in [0.15, 0.2) is 22.4 Å². The topological polar surface area (TPSA) is 26.3 Å². The van der Waals surface area contributed by atoms with Crippen LogP contribution < -0.4 is 4.74 Å². The zero-order valence-corrected chi connectivity index (χ0v) is 12.3. The van der Waals surface area contributed by atoms with Crippen molar-refractivity contribution in [2.45, 2.75) is 13.3 Å². The summed E-state index contributed by atoms with van der Waals surface area (Å²) < 4.78 is 17.7. The highest BCUT2D eigenvalue weighted by Crippen LogP contribution is 2.26. The van der Waals surface area contributed by atoms with Gasteiger partial charge in [-0.1, -0.05) is 19.1 Å². The lowest BCUT2D eigenvalue weighted by Gasteiger charge is -2.08. The minimum absolute atomic E-state index is 0.835. The monoisotopic (exact) mass is 270 g/mol. The van der Waals surface area contributed by atoms with E-state index >= 15 is 0 Å². The van der Waals surface area contributed by atoms with E-state index in [1.807, 2.05) is 24.5 Å². The van der Waals surface area contributed by atoms with E-state index in [-0.39, 0.29) is 0 Å². The second-order valence-electron chi connectivity index (χ2n) is 3.55. The molecule has 1 rings (SSSR count). The van der Waals surface area contributed by atoms with E-state index in [4.69, 9.17) is 4.74 Å². The van der Waals surface area contributed by atoms with Crippen LogP contribution in [-0.4, -0.2) is 23.8 Å². The average molecular weight is 270 g/mol. The summed E-state index contributed by atoms with van der Waals surface area (Å²) in [5, 5.41) is 0. The van der Waals surface area contributed by atoms with Crippen LogP contribution in [0.4, 0.5) is 0 Å². The number of benzene rings is 1. The lowest BCUT2D eigenvalue weighted by molar-refractivity contribution is 0.413. The van der Waals surface area contributed by atoms with Crippen LogP contribution in [0.3, 0.4) is 0 Å². The molecule has 1 aromatic carbocycles. The molecular weight excluding hydrogens is 252 g/mol. The number of aryl methyl sites for hydroxylation is 1. The van der Waals surface area contributed by atoms with E-state index in [9.17, 15) is 4.21 Å². The Morgan fingerprint density at radius 1 is 1.53 bits per heavy atom. The molecule has 94 valence electrons. The molecule has 0 heterocycles. The minimum Gasteiger partial charge on any atom is -0.496 e. The predicted octanol–water partition coefficient (Wildman–Crippen LogP) is 3.30. The van der Waals surface area contributed by atoms with E-state index in [1.165, 1.54) is 17.3 Å². The van der Waals surface area contributed by atoms with Crippen LogP contribution in [0.5, 0.6) is 5.75 Å². The fraction of sp³-hybridized carbons (Fsp3) is 0.385. The van der Waals surface area contributed by atoms with Gasteiger partial charge in [0.05, 0.1) is 22.1 Å². The van der Waals surface area contributed by atoms with Crippen molar-refractivity contribution in [1.29, 1.82) is 0 Å². The lowest BCUT2D eigenvalue weighted by atomic mass is 10.1. The van der Waals surface area contributed by atoms with Crippen molar-refractivity contribution in [2.24, 2.45) is 0 Å². The quantitative estimate of drug-likeness (QED) is 0.821. The van der Waals surface area contributed by atoms with Crippen molar-refractivity contribution < 1.29 is 8.95 Å². The summed E-state index contributed by atoms with van der Waals surface area (Å²) in [6, 6.07) is 6.12. The lowest BCUT2D eigenvalue weighted by Crippen LogP contribution is -1.92. The Labute approximate surface area is 110 Å². The number of hydrogen-bond acceptors (Lipinski definition) is 3. The molecule has 0 radical (unpaired) electrons. The van der Waals surface area contributed by atoms with E-state index in [1.54, 1.807) is 13.4 Å². The summed E-state index contributed by atoms with van der Waals surface area (Å²) in [4.78, 5) is 0. The number of hydrogen-bond donors (Lipinski definition) is 0. The van der Waals surface area contributed by atoms with Crippen molar-refractivity contribution in [2.75, 3.05) is 19.6 Å². The number of methoxy groups -OCH3 is 1. The third kappa shape index (κ3) is 3.89. The Kier molecular flexibility index (Phi) is 5.78. The first-order valence-electron chi connectivity index (χ1n) is 5.38. The van der Waals surface area contributed by atoms with E-state index in [2.05, 4.69) is 13.0 Å². The van der Waals surface area contributed by atoms with Gasteiger partial charge in [0.15, 0.2) is 0 Å². The zero-order valence-electron chi connectivity index (χ0n) is 10.6. The SMILES string of the molecule is CCc1ccc(C=C(SC)S(C)=O)c(OC)c1. The Bertz CT molecular complexity index is 439. The number of rotatable bonds is 5. The van der Waals surface area contributed by atoms with Gasteiger partial charge in [0, 0.05) is 11.8 Å². The van der Waals surface area contributed by atoms with Crippen molar-refractivity contribution >= 4 is 28.6 Å². The van der Waals surface area contributed by atoms with Gasteiger partial charge < -0.3 is 4.74 Å². The largest absolute Gasteiger partial charge is 0.496 e. The van der Waals surface area contributed by atoms with Crippen molar-refractivity contribution in [3.8, 4) is 5.75 Å². The highest BCUT2D eigenvalue weighted by Gasteiger charge is 2.05. The average Bonchev–Trinajstić information content (AvgIpc) is 2.35. The van der Waals surface area contributed by atoms with Gasteiger partial charge in [-0.2, -0.15) is 0 Å². The fourth-order valence-corrected chi connectivity index (χ4v) is 2.96. The molecular formula is C13H18O2S2. The first-order valence-corrected chi connectivity index (χ1v) is 8.16. The summed E-state index contributed by atoms with van der Waals surface area (Å²) in [5.41, 5.74) is 2.21. The second-order valence-corrected chi connectivity index (χ2v) is 6.01. The maximum absolute atomic E-state index is 11.5. The van der Waals surface area contributed by atoms with Crippen LogP contribution >= 0.6 is 11.8 Å². The molecule has 0 aliphatic carbocycles. The second kappa shape index (κ2) is 6.87. The molecule has 0 aromatic heterocycles. The Morgan fingerprint density at radius 3 is 2.71 bits per heavy atom. The summed E-state index contributed by atoms with van der Waals surface area (Å²) in [6.07, 6.45) is 6.53. The van der Waals surface area contributed by atoms with Gasteiger partial charge in [0.1, 0.15) is 5.75 Å². The molecule has 1 atom stereocenters. The minimum atomic E-state index is -0.953. The summed E-state index contributed by atoms with van der Waals surface area (Å²) >= 11 is 1.51. The third-order valence-corrected chi connectivity index (χ3v) is 4.87. The highest BCUT2D eigenvalue weighted by atomic mass is 32.2. The van der Waals surface area contributed by atoms with Crippen LogP contribution in [0, 0.1) is 0 Å². The predicted molar refractivity (Wildman–Crippen MR) is 77.9 cm³/mol. The molecule has 4 heteroatoms. The van der Waals surface area contributed by atoms with Crippen molar-refractivity contribution in [3.05, 3.63) is 33.6 Å². The van der Waals surface area contributed by atoms with Crippen LogP contribution in [-0.2, 0) is 17.2 Å². The fourth-order valence-electron chi connectivity index (χ4n) is 1.48. The van der Waals surface area contributed by atoms with Gasteiger partial charge in [-0.05, 0) is 30.4 Å². The smallest absolute Gasteiger partial charge is 0.126 e. The van der Waals surface area contributed by atoms with Crippen molar-refractivity contribution in [1.82, 2.24) is 0 Å². The first-order chi connectivity index (χ1) is 8.12. The summed E-state index contributed by atoms with van der Waals surface area (Å²) in [5.74, 6) is 0.835. The van der Waals surface area contributed by atoms with Gasteiger partial charge in [-0.15, -0.1) is 11.8 Å². The molecule has 1 unspecified atom stereocenters. The maximum Gasteiger partial charge on any atom is 0.126 e. The molecule has 0 bridgehead atoms. The van der Waals surface area contributed by atoms with Crippen LogP contribution in [0.2, 0.25) is 0 Å². The number of thioether (sulfide) groups is 1. The van der Waals surface area contributed by atoms with Gasteiger partial charge in [-0.3, -0.25) is 4.21 Å². The molecule has 0 saturated carbocycles. The number of ether oxygens (including phenoxy) is 1. The van der Waals surface area contributed by atoms with E-state index in [0.717, 1.165) is 22.0 Å². The van der Waals surface area contributed by atoms with Crippen LogP contribution in [0.1, 0.15) is 18.1 Å². The van der Waals surface area contributed by atoms with Gasteiger partial charge in [0.2, 0.25) is 0 Å². The zero-order chi connectivity index (χ0) is 12.8. The molecule has 0 fully saturated rings. The maximum atomic E-state index is 11.5. The molecule has 1 aromatic rings. The first kappa shape index (κ1) is 14.3. The van der Waals surface area contributed by atoms with Gasteiger partial charge >= 0.3 is 0 Å². The van der Waals surface area contributed by atoms with Crippen molar-refractivity contribution in [3.63, 3.8) is 0 Å².